The molecule has 114 valence electrons. The highest BCUT2D eigenvalue weighted by molar-refractivity contribution is 5.29. The average Bonchev–Trinajstić information content (AvgIpc) is 2.34. The monoisotopic (exact) mass is 294 g/mol. The SMILES string of the molecule is CCOC(C(C)C)C(O)c1ccc(F)c(C(F)(F)F)c1. The normalized spacial score (nSPS) is 15.4. The Morgan fingerprint density at radius 2 is 1.85 bits per heavy atom. The Labute approximate surface area is 115 Å². The maximum Gasteiger partial charge on any atom is 0.419 e. The van der Waals surface area contributed by atoms with Crippen LogP contribution in [0.15, 0.2) is 18.2 Å². The first kappa shape index (κ1) is 16.9. The molecule has 0 bridgehead atoms. The lowest BCUT2D eigenvalue weighted by molar-refractivity contribution is -0.140. The molecule has 1 N–H and O–H groups in total. The number of rotatable bonds is 5. The predicted octanol–water partition coefficient (Wildman–Crippen LogP) is 3.94. The summed E-state index contributed by atoms with van der Waals surface area (Å²) in [4.78, 5) is 0. The van der Waals surface area contributed by atoms with Crippen LogP contribution < -0.4 is 0 Å². The Hall–Kier alpha value is -1.14. The molecule has 0 heterocycles. The summed E-state index contributed by atoms with van der Waals surface area (Å²) in [5, 5.41) is 10.1. The van der Waals surface area contributed by atoms with Crippen LogP contribution >= 0.6 is 0 Å². The highest BCUT2D eigenvalue weighted by Crippen LogP contribution is 2.34. The van der Waals surface area contributed by atoms with Crippen molar-refractivity contribution < 1.29 is 27.4 Å². The molecule has 0 aliphatic rings. The lowest BCUT2D eigenvalue weighted by atomic mass is 9.94. The zero-order valence-corrected chi connectivity index (χ0v) is 11.5. The summed E-state index contributed by atoms with van der Waals surface area (Å²) in [6.45, 7) is 5.64. The zero-order chi connectivity index (χ0) is 15.5. The van der Waals surface area contributed by atoms with Crippen molar-refractivity contribution in [3.05, 3.63) is 35.1 Å². The highest BCUT2D eigenvalue weighted by Gasteiger charge is 2.35. The van der Waals surface area contributed by atoms with Gasteiger partial charge in [0, 0.05) is 6.61 Å². The van der Waals surface area contributed by atoms with Crippen molar-refractivity contribution in [1.82, 2.24) is 0 Å². The first-order chi connectivity index (χ1) is 9.18. The molecular weight excluding hydrogens is 276 g/mol. The number of hydrogen-bond donors (Lipinski definition) is 1. The molecule has 2 atom stereocenters. The summed E-state index contributed by atoms with van der Waals surface area (Å²) < 4.78 is 56.5. The fourth-order valence-corrected chi connectivity index (χ4v) is 1.97. The van der Waals surface area contributed by atoms with Crippen molar-refractivity contribution in [2.24, 2.45) is 5.92 Å². The predicted molar refractivity (Wildman–Crippen MR) is 66.6 cm³/mol. The third-order valence-corrected chi connectivity index (χ3v) is 2.96. The number of benzene rings is 1. The molecular formula is C14H18F4O2. The van der Waals surface area contributed by atoms with Gasteiger partial charge < -0.3 is 9.84 Å². The van der Waals surface area contributed by atoms with E-state index in [2.05, 4.69) is 0 Å². The van der Waals surface area contributed by atoms with E-state index in [0.29, 0.717) is 18.7 Å². The molecule has 0 amide bonds. The second kappa shape index (κ2) is 6.54. The largest absolute Gasteiger partial charge is 0.419 e. The Morgan fingerprint density at radius 3 is 2.30 bits per heavy atom. The van der Waals surface area contributed by atoms with Crippen LogP contribution in [0.2, 0.25) is 0 Å². The number of ether oxygens (including phenoxy) is 1. The van der Waals surface area contributed by atoms with Gasteiger partial charge in [0.2, 0.25) is 0 Å². The van der Waals surface area contributed by atoms with Crippen molar-refractivity contribution in [2.45, 2.75) is 39.2 Å². The van der Waals surface area contributed by atoms with Gasteiger partial charge in [0.05, 0.1) is 11.7 Å². The van der Waals surface area contributed by atoms with Gasteiger partial charge in [-0.1, -0.05) is 19.9 Å². The Morgan fingerprint density at radius 1 is 1.25 bits per heavy atom. The van der Waals surface area contributed by atoms with Crippen LogP contribution in [0.3, 0.4) is 0 Å². The Kier molecular flexibility index (Phi) is 5.53. The van der Waals surface area contributed by atoms with Crippen molar-refractivity contribution >= 4 is 0 Å². The summed E-state index contributed by atoms with van der Waals surface area (Å²) in [5.41, 5.74) is -1.39. The molecule has 0 saturated carbocycles. The van der Waals surface area contributed by atoms with Crippen LogP contribution in [0.25, 0.3) is 0 Å². The molecule has 1 rings (SSSR count). The minimum atomic E-state index is -4.79. The molecule has 1 aromatic rings. The smallest absolute Gasteiger partial charge is 0.386 e. The van der Waals surface area contributed by atoms with E-state index < -0.39 is 29.8 Å². The summed E-state index contributed by atoms with van der Waals surface area (Å²) in [6.07, 6.45) is -6.68. The minimum absolute atomic E-state index is 0.00845. The lowest BCUT2D eigenvalue weighted by Crippen LogP contribution is -2.28. The van der Waals surface area contributed by atoms with Gasteiger partial charge in [0.1, 0.15) is 11.9 Å². The quantitative estimate of drug-likeness (QED) is 0.834. The van der Waals surface area contributed by atoms with E-state index in [0.717, 1.165) is 6.07 Å². The molecule has 0 saturated heterocycles. The molecule has 0 fully saturated rings. The molecule has 0 aliphatic carbocycles. The van der Waals surface area contributed by atoms with E-state index >= 15 is 0 Å². The highest BCUT2D eigenvalue weighted by atomic mass is 19.4. The number of aliphatic hydroxyl groups excluding tert-OH is 1. The summed E-state index contributed by atoms with van der Waals surface area (Å²) in [6, 6.07) is 2.49. The summed E-state index contributed by atoms with van der Waals surface area (Å²) in [5.74, 6) is -1.45. The van der Waals surface area contributed by atoms with Crippen molar-refractivity contribution in [1.29, 1.82) is 0 Å². The van der Waals surface area contributed by atoms with Crippen molar-refractivity contribution in [3.8, 4) is 0 Å². The molecule has 2 unspecified atom stereocenters. The third-order valence-electron chi connectivity index (χ3n) is 2.96. The second-order valence-corrected chi connectivity index (χ2v) is 4.85. The van der Waals surface area contributed by atoms with Gasteiger partial charge in [0.25, 0.3) is 0 Å². The van der Waals surface area contributed by atoms with E-state index in [-0.39, 0.29) is 11.5 Å². The van der Waals surface area contributed by atoms with Crippen LogP contribution in [0.1, 0.15) is 38.0 Å². The fourth-order valence-electron chi connectivity index (χ4n) is 1.97. The Bertz CT molecular complexity index is 443. The molecule has 6 heteroatoms. The fraction of sp³-hybridized carbons (Fsp3) is 0.571. The standard InChI is InChI=1S/C14H18F4O2/c1-4-20-13(8(2)3)12(19)9-5-6-11(15)10(7-9)14(16,17)18/h5-8,12-13,19H,4H2,1-3H3. The molecule has 2 nitrogen and oxygen atoms in total. The zero-order valence-electron chi connectivity index (χ0n) is 11.5. The lowest BCUT2D eigenvalue weighted by Gasteiger charge is -2.27. The number of halogens is 4. The summed E-state index contributed by atoms with van der Waals surface area (Å²) >= 11 is 0. The van der Waals surface area contributed by atoms with Crippen LogP contribution in [0.5, 0.6) is 0 Å². The third kappa shape index (κ3) is 3.93. The maximum absolute atomic E-state index is 13.2. The van der Waals surface area contributed by atoms with E-state index in [1.807, 2.05) is 0 Å². The number of aliphatic hydroxyl groups is 1. The molecule has 0 radical (unpaired) electrons. The van der Waals surface area contributed by atoms with Gasteiger partial charge in [-0.25, -0.2) is 4.39 Å². The van der Waals surface area contributed by atoms with Gasteiger partial charge >= 0.3 is 6.18 Å². The van der Waals surface area contributed by atoms with Gasteiger partial charge in [-0.15, -0.1) is 0 Å². The average molecular weight is 294 g/mol. The van der Waals surface area contributed by atoms with Crippen molar-refractivity contribution in [2.75, 3.05) is 6.61 Å². The first-order valence-corrected chi connectivity index (χ1v) is 6.34. The van der Waals surface area contributed by atoms with E-state index in [1.165, 1.54) is 0 Å². The molecule has 0 spiro atoms. The van der Waals surface area contributed by atoms with Gasteiger partial charge in [-0.3, -0.25) is 0 Å². The molecule has 0 aliphatic heterocycles. The second-order valence-electron chi connectivity index (χ2n) is 4.85. The van der Waals surface area contributed by atoms with E-state index in [4.69, 9.17) is 4.74 Å². The molecule has 0 aromatic heterocycles. The molecule has 20 heavy (non-hydrogen) atoms. The van der Waals surface area contributed by atoms with E-state index in [1.54, 1.807) is 20.8 Å². The molecule has 1 aromatic carbocycles. The topological polar surface area (TPSA) is 29.5 Å². The van der Waals surface area contributed by atoms with Crippen LogP contribution in [0, 0.1) is 11.7 Å². The van der Waals surface area contributed by atoms with Gasteiger partial charge in [0.15, 0.2) is 0 Å². The number of alkyl halides is 3. The summed E-state index contributed by atoms with van der Waals surface area (Å²) in [7, 11) is 0. The van der Waals surface area contributed by atoms with Crippen LogP contribution in [-0.4, -0.2) is 17.8 Å². The van der Waals surface area contributed by atoms with Crippen LogP contribution in [0.4, 0.5) is 17.6 Å². The van der Waals surface area contributed by atoms with Gasteiger partial charge in [-0.05, 0) is 30.5 Å². The maximum atomic E-state index is 13.2. The van der Waals surface area contributed by atoms with Crippen LogP contribution in [-0.2, 0) is 10.9 Å². The number of hydrogen-bond acceptors (Lipinski definition) is 2. The van der Waals surface area contributed by atoms with Crippen molar-refractivity contribution in [3.63, 3.8) is 0 Å². The van der Waals surface area contributed by atoms with E-state index in [9.17, 15) is 22.7 Å². The van der Waals surface area contributed by atoms with Gasteiger partial charge in [-0.2, -0.15) is 13.2 Å². The Balaban J connectivity index is 3.13. The first-order valence-electron chi connectivity index (χ1n) is 6.34. The minimum Gasteiger partial charge on any atom is -0.386 e.